The van der Waals surface area contributed by atoms with Crippen molar-refractivity contribution in [2.45, 2.75) is 13.3 Å². The highest BCUT2D eigenvalue weighted by Gasteiger charge is 1.92. The summed E-state index contributed by atoms with van der Waals surface area (Å²) in [6.45, 7) is 1.58. The zero-order valence-electron chi connectivity index (χ0n) is 9.55. The Bertz CT molecular complexity index is 462. The molecule has 88 valence electrons. The third-order valence-electron chi connectivity index (χ3n) is 1.95. The Hall–Kier alpha value is -1.22. The number of hydrogen-bond donors (Lipinski definition) is 0. The number of carbonyl (C=O) groups excluding carboxylic acids is 1. The first kappa shape index (κ1) is 13.8. The van der Waals surface area contributed by atoms with Crippen LogP contribution >= 0.6 is 24.0 Å². The fourth-order valence-corrected chi connectivity index (χ4v) is 1.89. The van der Waals surface area contributed by atoms with Crippen molar-refractivity contribution in [2.24, 2.45) is 4.99 Å². The highest BCUT2D eigenvalue weighted by Crippen LogP contribution is 2.15. The molecule has 0 aliphatic heterocycles. The smallest absolute Gasteiger partial charge is 0.185 e. The second-order valence-electron chi connectivity index (χ2n) is 3.33. The molecule has 4 heteroatoms. The highest BCUT2D eigenvalue weighted by atomic mass is 32.2. The molecule has 0 fully saturated rings. The predicted octanol–water partition coefficient (Wildman–Crippen LogP) is 4.10. The van der Waals surface area contributed by atoms with E-state index in [0.717, 1.165) is 23.4 Å². The number of carbonyl (C=O) groups is 1. The van der Waals surface area contributed by atoms with E-state index < -0.39 is 0 Å². The van der Waals surface area contributed by atoms with E-state index in [4.69, 9.17) is 0 Å². The predicted molar refractivity (Wildman–Crippen MR) is 77.9 cm³/mol. The molecule has 0 radical (unpaired) electrons. The molecule has 0 saturated carbocycles. The number of nitrogens with zero attached hydrogens (tertiary/aromatic N) is 1. The number of rotatable bonds is 5. The molecule has 0 spiro atoms. The summed E-state index contributed by atoms with van der Waals surface area (Å²) >= 11 is 5.90. The monoisotopic (exact) mass is 263 g/mol. The van der Waals surface area contributed by atoms with Crippen molar-refractivity contribution in [3.8, 4) is 0 Å². The van der Waals surface area contributed by atoms with Gasteiger partial charge in [0.25, 0.3) is 0 Å². The number of isothiocyanates is 1. The van der Waals surface area contributed by atoms with Crippen molar-refractivity contribution in [3.05, 3.63) is 35.9 Å². The topological polar surface area (TPSA) is 29.4 Å². The Balaban J connectivity index is 2.50. The van der Waals surface area contributed by atoms with E-state index in [1.165, 1.54) is 11.8 Å². The number of allylic oxidation sites excluding steroid dienone is 1. The van der Waals surface area contributed by atoms with Crippen LogP contribution in [-0.4, -0.2) is 16.0 Å². The standard InChI is InChI=1S/C13H13NOS2/c1-11(15)17-8-3-2-5-12-6-4-7-13(9-12)14-10-16/h2,4-7,9H,3,8H2,1H3. The third-order valence-corrected chi connectivity index (χ3v) is 2.88. The van der Waals surface area contributed by atoms with E-state index in [1.54, 1.807) is 6.92 Å². The first-order valence-electron chi connectivity index (χ1n) is 5.20. The molecular weight excluding hydrogens is 250 g/mol. The summed E-state index contributed by atoms with van der Waals surface area (Å²) in [5.74, 6) is 0.823. The van der Waals surface area contributed by atoms with Crippen molar-refractivity contribution in [3.63, 3.8) is 0 Å². The molecule has 0 amide bonds. The minimum atomic E-state index is 0.163. The van der Waals surface area contributed by atoms with E-state index in [2.05, 4.69) is 28.4 Å². The van der Waals surface area contributed by atoms with Crippen molar-refractivity contribution in [1.82, 2.24) is 0 Å². The molecule has 0 N–H and O–H groups in total. The molecule has 0 aromatic heterocycles. The van der Waals surface area contributed by atoms with E-state index >= 15 is 0 Å². The summed E-state index contributed by atoms with van der Waals surface area (Å²) in [6.07, 6.45) is 4.95. The SMILES string of the molecule is CC(=O)SCCC=Cc1cccc(N=C=S)c1. The van der Waals surface area contributed by atoms with Crippen molar-refractivity contribution in [2.75, 3.05) is 5.75 Å². The van der Waals surface area contributed by atoms with Gasteiger partial charge in [0.1, 0.15) is 0 Å². The average molecular weight is 263 g/mol. The first-order chi connectivity index (χ1) is 8.22. The van der Waals surface area contributed by atoms with Gasteiger partial charge in [0, 0.05) is 12.7 Å². The van der Waals surface area contributed by atoms with Gasteiger partial charge in [-0.3, -0.25) is 4.79 Å². The van der Waals surface area contributed by atoms with E-state index in [-0.39, 0.29) is 5.12 Å². The molecule has 1 aromatic rings. The van der Waals surface area contributed by atoms with Crippen LogP contribution in [-0.2, 0) is 4.79 Å². The molecule has 0 saturated heterocycles. The van der Waals surface area contributed by atoms with Crippen LogP contribution in [0, 0.1) is 0 Å². The molecule has 0 atom stereocenters. The van der Waals surface area contributed by atoms with Crippen LogP contribution in [0.5, 0.6) is 0 Å². The molecule has 17 heavy (non-hydrogen) atoms. The number of thiocarbonyl (C=S) groups is 1. The van der Waals surface area contributed by atoms with E-state index in [1.807, 2.05) is 30.3 Å². The lowest BCUT2D eigenvalue weighted by atomic mass is 10.2. The number of benzene rings is 1. The normalized spacial score (nSPS) is 10.2. The highest BCUT2D eigenvalue weighted by molar-refractivity contribution is 8.13. The average Bonchev–Trinajstić information content (AvgIpc) is 2.29. The molecule has 0 aliphatic carbocycles. The van der Waals surface area contributed by atoms with Gasteiger partial charge in [-0.25, -0.2) is 0 Å². The molecule has 0 heterocycles. The number of aliphatic imine (C=N–C) groups is 1. The van der Waals surface area contributed by atoms with Crippen LogP contribution in [0.4, 0.5) is 5.69 Å². The summed E-state index contributed by atoms with van der Waals surface area (Å²) in [5.41, 5.74) is 1.88. The van der Waals surface area contributed by atoms with Crippen LogP contribution in [0.2, 0.25) is 0 Å². The lowest BCUT2D eigenvalue weighted by Gasteiger charge is -1.95. The zero-order chi connectivity index (χ0) is 12.5. The summed E-state index contributed by atoms with van der Waals surface area (Å²) in [6, 6.07) is 7.74. The third kappa shape index (κ3) is 6.17. The maximum Gasteiger partial charge on any atom is 0.185 e. The second-order valence-corrected chi connectivity index (χ2v) is 4.78. The minimum absolute atomic E-state index is 0.163. The molecule has 0 unspecified atom stereocenters. The molecule has 2 nitrogen and oxygen atoms in total. The lowest BCUT2D eigenvalue weighted by Crippen LogP contribution is -1.83. The lowest BCUT2D eigenvalue weighted by molar-refractivity contribution is -0.109. The number of hydrogen-bond acceptors (Lipinski definition) is 4. The maximum absolute atomic E-state index is 10.7. The Morgan fingerprint density at radius 2 is 2.41 bits per heavy atom. The molecule has 0 aliphatic rings. The van der Waals surface area contributed by atoms with Gasteiger partial charge in [-0.1, -0.05) is 36.0 Å². The van der Waals surface area contributed by atoms with Crippen molar-refractivity contribution < 1.29 is 4.79 Å². The molecular formula is C13H13NOS2. The van der Waals surface area contributed by atoms with Crippen LogP contribution in [0.25, 0.3) is 6.08 Å². The van der Waals surface area contributed by atoms with Gasteiger partial charge in [0.15, 0.2) is 5.12 Å². The second kappa shape index (κ2) is 7.96. The van der Waals surface area contributed by atoms with Gasteiger partial charge in [-0.15, -0.1) is 0 Å². The van der Waals surface area contributed by atoms with Gasteiger partial charge in [-0.2, -0.15) is 4.99 Å². The number of thioether (sulfide) groups is 1. The Kier molecular flexibility index (Phi) is 6.48. The van der Waals surface area contributed by atoms with Crippen LogP contribution in [0.3, 0.4) is 0 Å². The molecule has 1 rings (SSSR count). The van der Waals surface area contributed by atoms with E-state index in [0.29, 0.717) is 0 Å². The van der Waals surface area contributed by atoms with Crippen LogP contribution < -0.4 is 0 Å². The molecule has 0 bridgehead atoms. The molecule has 1 aromatic carbocycles. The van der Waals surface area contributed by atoms with Gasteiger partial charge in [0.05, 0.1) is 10.8 Å². The van der Waals surface area contributed by atoms with E-state index in [9.17, 15) is 4.79 Å². The Morgan fingerprint density at radius 1 is 1.59 bits per heavy atom. The van der Waals surface area contributed by atoms with Crippen molar-refractivity contribution >= 4 is 46.0 Å². The van der Waals surface area contributed by atoms with Crippen LogP contribution in [0.1, 0.15) is 18.9 Å². The summed E-state index contributed by atoms with van der Waals surface area (Å²) < 4.78 is 0. The summed E-state index contributed by atoms with van der Waals surface area (Å²) in [7, 11) is 0. The Morgan fingerprint density at radius 3 is 3.12 bits per heavy atom. The van der Waals surface area contributed by atoms with Crippen molar-refractivity contribution in [1.29, 1.82) is 0 Å². The summed E-state index contributed by atoms with van der Waals surface area (Å²) in [5, 5.41) is 2.51. The summed E-state index contributed by atoms with van der Waals surface area (Å²) in [4.78, 5) is 14.6. The van der Waals surface area contributed by atoms with Gasteiger partial charge in [-0.05, 0) is 36.3 Å². The maximum atomic E-state index is 10.7. The van der Waals surface area contributed by atoms with Gasteiger partial charge >= 0.3 is 0 Å². The quantitative estimate of drug-likeness (QED) is 0.455. The zero-order valence-corrected chi connectivity index (χ0v) is 11.2. The van der Waals surface area contributed by atoms with Gasteiger partial charge in [0.2, 0.25) is 0 Å². The largest absolute Gasteiger partial charge is 0.288 e. The first-order valence-corrected chi connectivity index (χ1v) is 6.59. The van der Waals surface area contributed by atoms with Crippen LogP contribution in [0.15, 0.2) is 35.3 Å². The fraction of sp³-hybridized carbons (Fsp3) is 0.231. The Labute approximate surface area is 111 Å². The van der Waals surface area contributed by atoms with Gasteiger partial charge < -0.3 is 0 Å². The minimum Gasteiger partial charge on any atom is -0.288 e. The fourth-order valence-electron chi connectivity index (χ4n) is 1.24.